The molecule has 0 unspecified atom stereocenters. The van der Waals surface area contributed by atoms with E-state index >= 15 is 0 Å². The molecule has 0 aliphatic rings. The fourth-order valence-corrected chi connectivity index (χ4v) is 1.72. The fourth-order valence-electron chi connectivity index (χ4n) is 1.72. The average Bonchev–Trinajstić information content (AvgIpc) is 2.36. The molecular weight excluding hydrogens is 244 g/mol. The molecule has 1 aromatic carbocycles. The number of carboxylic acids is 1. The summed E-state index contributed by atoms with van der Waals surface area (Å²) in [5, 5.41) is 8.67. The SMILES string of the molecule is CC/C=C(/OC)c1ccc(O[C@@H](C)CC(=O)O)cc1. The molecule has 0 aliphatic carbocycles. The number of rotatable bonds is 7. The predicted molar refractivity (Wildman–Crippen MR) is 74.1 cm³/mol. The standard InChI is InChI=1S/C15H20O4/c1-4-5-14(18-3)12-6-8-13(9-7-12)19-11(2)10-15(16)17/h5-9,11H,4,10H2,1-3H3,(H,16,17)/b14-5+/t11-/m0/s1. The van der Waals surface area contributed by atoms with Gasteiger partial charge in [0.1, 0.15) is 17.6 Å². The number of hydrogen-bond acceptors (Lipinski definition) is 3. The highest BCUT2D eigenvalue weighted by Gasteiger charge is 2.09. The van der Waals surface area contributed by atoms with Crippen LogP contribution in [0.2, 0.25) is 0 Å². The van der Waals surface area contributed by atoms with Crippen LogP contribution in [0.15, 0.2) is 30.3 Å². The number of benzene rings is 1. The highest BCUT2D eigenvalue weighted by atomic mass is 16.5. The van der Waals surface area contributed by atoms with Gasteiger partial charge in [0.05, 0.1) is 13.5 Å². The maximum absolute atomic E-state index is 10.6. The van der Waals surface area contributed by atoms with Gasteiger partial charge in [-0.3, -0.25) is 4.79 Å². The number of hydrogen-bond donors (Lipinski definition) is 1. The zero-order chi connectivity index (χ0) is 14.3. The van der Waals surface area contributed by atoms with E-state index in [2.05, 4.69) is 0 Å². The van der Waals surface area contributed by atoms with Gasteiger partial charge in [-0.1, -0.05) is 6.92 Å². The Morgan fingerprint density at radius 3 is 2.47 bits per heavy atom. The van der Waals surface area contributed by atoms with Crippen LogP contribution in [0.5, 0.6) is 5.75 Å². The van der Waals surface area contributed by atoms with E-state index in [1.165, 1.54) is 0 Å². The minimum absolute atomic E-state index is 0.0131. The smallest absolute Gasteiger partial charge is 0.307 e. The molecule has 0 bridgehead atoms. The third-order valence-electron chi connectivity index (χ3n) is 2.55. The first-order valence-electron chi connectivity index (χ1n) is 6.29. The van der Waals surface area contributed by atoms with Gasteiger partial charge in [0.15, 0.2) is 0 Å². The summed E-state index contributed by atoms with van der Waals surface area (Å²) in [7, 11) is 1.64. The van der Waals surface area contributed by atoms with Crippen LogP contribution in [0.3, 0.4) is 0 Å². The lowest BCUT2D eigenvalue weighted by molar-refractivity contribution is -0.138. The summed E-state index contributed by atoms with van der Waals surface area (Å²) in [4.78, 5) is 10.6. The zero-order valence-electron chi connectivity index (χ0n) is 11.6. The van der Waals surface area contributed by atoms with Gasteiger partial charge in [0.25, 0.3) is 0 Å². The lowest BCUT2D eigenvalue weighted by atomic mass is 10.1. The number of ether oxygens (including phenoxy) is 2. The van der Waals surface area contributed by atoms with Gasteiger partial charge in [-0.25, -0.2) is 0 Å². The molecule has 4 heteroatoms. The second-order valence-electron chi connectivity index (χ2n) is 4.23. The quantitative estimate of drug-likeness (QED) is 0.767. The largest absolute Gasteiger partial charge is 0.496 e. The first-order chi connectivity index (χ1) is 9.06. The molecule has 1 rings (SSSR count). The monoisotopic (exact) mass is 264 g/mol. The lowest BCUT2D eigenvalue weighted by Crippen LogP contribution is -2.16. The molecule has 1 atom stereocenters. The Labute approximate surface area is 113 Å². The highest BCUT2D eigenvalue weighted by Crippen LogP contribution is 2.20. The van der Waals surface area contributed by atoms with E-state index in [9.17, 15) is 4.79 Å². The van der Waals surface area contributed by atoms with Crippen LogP contribution >= 0.6 is 0 Å². The predicted octanol–water partition coefficient (Wildman–Crippen LogP) is 3.33. The molecule has 104 valence electrons. The van der Waals surface area contributed by atoms with E-state index in [1.807, 2.05) is 37.3 Å². The van der Waals surface area contributed by atoms with Crippen LogP contribution < -0.4 is 4.74 Å². The maximum atomic E-state index is 10.6. The topological polar surface area (TPSA) is 55.8 Å². The molecule has 1 N–H and O–H groups in total. The van der Waals surface area contributed by atoms with E-state index in [1.54, 1.807) is 14.0 Å². The summed E-state index contributed by atoms with van der Waals surface area (Å²) < 4.78 is 10.8. The summed E-state index contributed by atoms with van der Waals surface area (Å²) in [5.74, 6) is 0.619. The van der Waals surface area contributed by atoms with Crippen molar-refractivity contribution in [3.05, 3.63) is 35.9 Å². The van der Waals surface area contributed by atoms with Gasteiger partial charge >= 0.3 is 5.97 Å². The molecule has 1 aromatic rings. The van der Waals surface area contributed by atoms with Crippen LogP contribution in [-0.2, 0) is 9.53 Å². The number of allylic oxidation sites excluding steroid dienone is 1. The minimum Gasteiger partial charge on any atom is -0.496 e. The molecule has 0 fully saturated rings. The Morgan fingerprint density at radius 1 is 1.37 bits per heavy atom. The third-order valence-corrected chi connectivity index (χ3v) is 2.55. The molecule has 19 heavy (non-hydrogen) atoms. The molecule has 0 saturated carbocycles. The van der Waals surface area contributed by atoms with Crippen LogP contribution in [0.1, 0.15) is 32.3 Å². The molecular formula is C15H20O4. The zero-order valence-corrected chi connectivity index (χ0v) is 11.6. The fraction of sp³-hybridized carbons (Fsp3) is 0.400. The summed E-state index contributed by atoms with van der Waals surface area (Å²) in [6.45, 7) is 3.78. The summed E-state index contributed by atoms with van der Waals surface area (Å²) in [5.41, 5.74) is 0.975. The molecule has 0 radical (unpaired) electrons. The Kier molecular flexibility index (Phi) is 5.93. The van der Waals surface area contributed by atoms with Crippen molar-refractivity contribution in [2.24, 2.45) is 0 Å². The highest BCUT2D eigenvalue weighted by molar-refractivity contribution is 5.67. The Hall–Kier alpha value is -1.97. The minimum atomic E-state index is -0.864. The van der Waals surface area contributed by atoms with Crippen molar-refractivity contribution in [2.45, 2.75) is 32.8 Å². The Bertz CT molecular complexity index is 434. The summed E-state index contributed by atoms with van der Waals surface area (Å²) >= 11 is 0. The molecule has 0 saturated heterocycles. The maximum Gasteiger partial charge on any atom is 0.307 e. The van der Waals surface area contributed by atoms with E-state index in [0.29, 0.717) is 5.75 Å². The second-order valence-corrected chi connectivity index (χ2v) is 4.23. The summed E-state index contributed by atoms with van der Waals surface area (Å²) in [6.07, 6.45) is 2.54. The van der Waals surface area contributed by atoms with E-state index in [-0.39, 0.29) is 12.5 Å². The van der Waals surface area contributed by atoms with Gasteiger partial charge in [0, 0.05) is 5.56 Å². The Balaban J connectivity index is 2.71. The number of carboxylic acid groups (broad SMARTS) is 1. The molecule has 0 amide bonds. The van der Waals surface area contributed by atoms with Crippen LogP contribution in [0, 0.1) is 0 Å². The van der Waals surface area contributed by atoms with Crippen molar-refractivity contribution in [1.82, 2.24) is 0 Å². The van der Waals surface area contributed by atoms with Crippen LogP contribution in [0.25, 0.3) is 5.76 Å². The van der Waals surface area contributed by atoms with Crippen molar-refractivity contribution in [2.75, 3.05) is 7.11 Å². The van der Waals surface area contributed by atoms with E-state index in [4.69, 9.17) is 14.6 Å². The first-order valence-corrected chi connectivity index (χ1v) is 6.29. The van der Waals surface area contributed by atoms with Gasteiger partial charge < -0.3 is 14.6 Å². The van der Waals surface area contributed by atoms with Gasteiger partial charge in [-0.05, 0) is 43.7 Å². The van der Waals surface area contributed by atoms with E-state index < -0.39 is 5.97 Å². The van der Waals surface area contributed by atoms with Crippen LogP contribution in [0.4, 0.5) is 0 Å². The van der Waals surface area contributed by atoms with E-state index in [0.717, 1.165) is 17.7 Å². The first kappa shape index (κ1) is 15.1. The van der Waals surface area contributed by atoms with Crippen LogP contribution in [-0.4, -0.2) is 24.3 Å². The van der Waals surface area contributed by atoms with Gasteiger partial charge in [-0.2, -0.15) is 0 Å². The molecule has 0 aromatic heterocycles. The Morgan fingerprint density at radius 2 is 2.00 bits per heavy atom. The van der Waals surface area contributed by atoms with Crippen molar-refractivity contribution >= 4 is 11.7 Å². The van der Waals surface area contributed by atoms with Crippen molar-refractivity contribution < 1.29 is 19.4 Å². The van der Waals surface area contributed by atoms with Crippen molar-refractivity contribution in [1.29, 1.82) is 0 Å². The lowest BCUT2D eigenvalue weighted by Gasteiger charge is -2.13. The number of aliphatic carboxylic acids is 1. The van der Waals surface area contributed by atoms with Gasteiger partial charge in [-0.15, -0.1) is 0 Å². The number of methoxy groups -OCH3 is 1. The summed E-state index contributed by atoms with van der Waals surface area (Å²) in [6, 6.07) is 7.42. The molecule has 0 aliphatic heterocycles. The molecule has 0 heterocycles. The molecule has 4 nitrogen and oxygen atoms in total. The third kappa shape index (κ3) is 5.04. The average molecular weight is 264 g/mol. The van der Waals surface area contributed by atoms with Crippen molar-refractivity contribution in [3.8, 4) is 5.75 Å². The number of carbonyl (C=O) groups is 1. The normalized spacial score (nSPS) is 12.9. The second kappa shape index (κ2) is 7.46. The van der Waals surface area contributed by atoms with Crippen molar-refractivity contribution in [3.63, 3.8) is 0 Å². The molecule has 0 spiro atoms. The van der Waals surface area contributed by atoms with Gasteiger partial charge in [0.2, 0.25) is 0 Å².